The van der Waals surface area contributed by atoms with E-state index < -0.39 is 0 Å². The molecule has 122 valence electrons. The summed E-state index contributed by atoms with van der Waals surface area (Å²) in [5.74, 6) is -0.386. The molecule has 2 aromatic heterocycles. The lowest BCUT2D eigenvalue weighted by molar-refractivity contribution is -0.128. The predicted molar refractivity (Wildman–Crippen MR) is 86.9 cm³/mol. The number of pyridine rings is 1. The fraction of sp³-hybridized carbons (Fsp3) is 0.500. The van der Waals surface area contributed by atoms with Crippen molar-refractivity contribution >= 4 is 28.5 Å². The number of nitrogens with zero attached hydrogens (tertiary/aromatic N) is 4. The van der Waals surface area contributed by atoms with E-state index in [-0.39, 0.29) is 30.2 Å². The number of carbonyl (C=O) groups is 2. The second-order valence-electron chi connectivity index (χ2n) is 6.14. The first-order valence-corrected chi connectivity index (χ1v) is 7.91. The fourth-order valence-corrected chi connectivity index (χ4v) is 2.88. The highest BCUT2D eigenvalue weighted by atomic mass is 16.2. The third-order valence-electron chi connectivity index (χ3n) is 4.16. The summed E-state index contributed by atoms with van der Waals surface area (Å²) in [6.07, 6.45) is 3.66. The van der Waals surface area contributed by atoms with E-state index >= 15 is 0 Å². The van der Waals surface area contributed by atoms with E-state index in [0.717, 1.165) is 11.0 Å². The van der Waals surface area contributed by atoms with E-state index in [4.69, 9.17) is 0 Å². The second-order valence-corrected chi connectivity index (χ2v) is 6.14. The molecule has 1 N–H and O–H groups in total. The molecule has 1 aliphatic heterocycles. The van der Waals surface area contributed by atoms with Crippen LogP contribution >= 0.6 is 0 Å². The Balaban J connectivity index is 1.74. The lowest BCUT2D eigenvalue weighted by Gasteiger charge is -2.13. The van der Waals surface area contributed by atoms with E-state index in [9.17, 15) is 9.59 Å². The Morgan fingerprint density at radius 2 is 2.22 bits per heavy atom. The summed E-state index contributed by atoms with van der Waals surface area (Å²) in [6.45, 7) is 7.13. The molecule has 1 atom stereocenters. The number of anilines is 1. The first-order valence-electron chi connectivity index (χ1n) is 7.91. The Bertz CT molecular complexity index is 752. The number of aromatic nitrogens is 3. The van der Waals surface area contributed by atoms with Crippen LogP contribution < -0.4 is 5.32 Å². The average molecular weight is 315 g/mol. The van der Waals surface area contributed by atoms with E-state index in [1.54, 1.807) is 17.3 Å². The van der Waals surface area contributed by atoms with Gasteiger partial charge in [0.15, 0.2) is 5.65 Å². The molecular formula is C16H21N5O2. The van der Waals surface area contributed by atoms with Crippen LogP contribution in [-0.2, 0) is 9.59 Å². The summed E-state index contributed by atoms with van der Waals surface area (Å²) >= 11 is 0. The molecule has 0 saturated carbocycles. The Morgan fingerprint density at radius 3 is 2.87 bits per heavy atom. The van der Waals surface area contributed by atoms with Crippen molar-refractivity contribution in [3.8, 4) is 0 Å². The van der Waals surface area contributed by atoms with Crippen LogP contribution in [0.3, 0.4) is 0 Å². The summed E-state index contributed by atoms with van der Waals surface area (Å²) in [6, 6.07) is 2.09. The van der Waals surface area contributed by atoms with Gasteiger partial charge in [0.25, 0.3) is 0 Å². The molecule has 1 fully saturated rings. The van der Waals surface area contributed by atoms with Gasteiger partial charge in [-0.15, -0.1) is 0 Å². The number of carbonyl (C=O) groups excluding carboxylic acids is 2. The number of fused-ring (bicyclic) bond motifs is 1. The second kappa shape index (κ2) is 5.98. The normalized spacial score (nSPS) is 18.2. The third kappa shape index (κ3) is 2.91. The first kappa shape index (κ1) is 15.5. The van der Waals surface area contributed by atoms with Crippen LogP contribution in [0, 0.1) is 5.92 Å². The molecule has 0 radical (unpaired) electrons. The van der Waals surface area contributed by atoms with Gasteiger partial charge < -0.3 is 10.2 Å². The standard InChI is InChI=1S/C16H21N5O2/c1-4-20-9-12(6-14(20)22)16(23)19-13-5-11-7-18-21(10(2)3)15(11)17-8-13/h5,7-8,10,12H,4,6,9H2,1-3H3,(H,19,23)/t12-/m1/s1. The zero-order valence-electron chi connectivity index (χ0n) is 13.6. The van der Waals surface area contributed by atoms with Crippen molar-refractivity contribution in [2.75, 3.05) is 18.4 Å². The SMILES string of the molecule is CCN1C[C@H](C(=O)Nc2cnc3c(cnn3C(C)C)c2)CC1=O. The van der Waals surface area contributed by atoms with Crippen molar-refractivity contribution in [1.29, 1.82) is 0 Å². The van der Waals surface area contributed by atoms with Crippen LogP contribution in [0.2, 0.25) is 0 Å². The van der Waals surface area contributed by atoms with Gasteiger partial charge in [0.05, 0.1) is 24.0 Å². The molecule has 3 heterocycles. The summed E-state index contributed by atoms with van der Waals surface area (Å²) in [5.41, 5.74) is 1.43. The van der Waals surface area contributed by atoms with Crippen LogP contribution in [-0.4, -0.2) is 44.6 Å². The molecular weight excluding hydrogens is 294 g/mol. The zero-order chi connectivity index (χ0) is 16.6. The topological polar surface area (TPSA) is 80.1 Å². The fourth-order valence-electron chi connectivity index (χ4n) is 2.88. The number of nitrogens with one attached hydrogen (secondary N) is 1. The van der Waals surface area contributed by atoms with Crippen LogP contribution in [0.15, 0.2) is 18.5 Å². The summed E-state index contributed by atoms with van der Waals surface area (Å²) in [4.78, 5) is 30.2. The zero-order valence-corrected chi connectivity index (χ0v) is 13.6. The summed E-state index contributed by atoms with van der Waals surface area (Å²) < 4.78 is 1.84. The number of hydrogen-bond acceptors (Lipinski definition) is 4. The molecule has 23 heavy (non-hydrogen) atoms. The molecule has 2 amide bonds. The van der Waals surface area contributed by atoms with Crippen LogP contribution in [0.5, 0.6) is 0 Å². The highest BCUT2D eigenvalue weighted by Gasteiger charge is 2.33. The van der Waals surface area contributed by atoms with Gasteiger partial charge in [0.2, 0.25) is 11.8 Å². The van der Waals surface area contributed by atoms with E-state index in [1.807, 2.05) is 31.5 Å². The Hall–Kier alpha value is -2.44. The maximum Gasteiger partial charge on any atom is 0.229 e. The average Bonchev–Trinajstić information content (AvgIpc) is 3.10. The molecule has 0 bridgehead atoms. The number of hydrogen-bond donors (Lipinski definition) is 1. The number of amides is 2. The Morgan fingerprint density at radius 1 is 1.43 bits per heavy atom. The lowest BCUT2D eigenvalue weighted by Crippen LogP contribution is -2.28. The molecule has 3 rings (SSSR count). The van der Waals surface area contributed by atoms with Crippen LogP contribution in [0.25, 0.3) is 11.0 Å². The third-order valence-corrected chi connectivity index (χ3v) is 4.16. The van der Waals surface area contributed by atoms with Crippen molar-refractivity contribution in [3.05, 3.63) is 18.5 Å². The highest BCUT2D eigenvalue weighted by Crippen LogP contribution is 2.22. The van der Waals surface area contributed by atoms with Gasteiger partial charge in [0, 0.05) is 30.9 Å². The molecule has 0 aliphatic carbocycles. The largest absolute Gasteiger partial charge is 0.342 e. The Kier molecular flexibility index (Phi) is 4.02. The van der Waals surface area contributed by atoms with Gasteiger partial charge in [-0.25, -0.2) is 9.67 Å². The molecule has 1 saturated heterocycles. The van der Waals surface area contributed by atoms with Gasteiger partial charge in [-0.05, 0) is 26.8 Å². The van der Waals surface area contributed by atoms with E-state index in [2.05, 4.69) is 15.4 Å². The molecule has 0 spiro atoms. The quantitative estimate of drug-likeness (QED) is 0.933. The maximum absolute atomic E-state index is 12.3. The van der Waals surface area contributed by atoms with Crippen molar-refractivity contribution in [2.24, 2.45) is 5.92 Å². The molecule has 7 nitrogen and oxygen atoms in total. The smallest absolute Gasteiger partial charge is 0.229 e. The first-order chi connectivity index (χ1) is 11.0. The van der Waals surface area contributed by atoms with Gasteiger partial charge in [-0.3, -0.25) is 9.59 Å². The minimum absolute atomic E-state index is 0.0411. The molecule has 2 aromatic rings. The maximum atomic E-state index is 12.3. The van der Waals surface area contributed by atoms with Crippen molar-refractivity contribution in [1.82, 2.24) is 19.7 Å². The molecule has 0 aromatic carbocycles. The summed E-state index contributed by atoms with van der Waals surface area (Å²) in [7, 11) is 0. The van der Waals surface area contributed by atoms with Crippen LogP contribution in [0.4, 0.5) is 5.69 Å². The van der Waals surface area contributed by atoms with E-state index in [1.165, 1.54) is 0 Å². The summed E-state index contributed by atoms with van der Waals surface area (Å²) in [5, 5.41) is 8.06. The molecule has 1 aliphatic rings. The van der Waals surface area contributed by atoms with Gasteiger partial charge in [-0.1, -0.05) is 0 Å². The van der Waals surface area contributed by atoms with Crippen LogP contribution in [0.1, 0.15) is 33.2 Å². The highest BCUT2D eigenvalue weighted by molar-refractivity contribution is 5.98. The van der Waals surface area contributed by atoms with E-state index in [0.29, 0.717) is 18.8 Å². The minimum atomic E-state index is -0.295. The lowest BCUT2D eigenvalue weighted by atomic mass is 10.1. The van der Waals surface area contributed by atoms with Crippen molar-refractivity contribution < 1.29 is 9.59 Å². The minimum Gasteiger partial charge on any atom is -0.342 e. The number of likely N-dealkylation sites (tertiary alicyclic amines) is 1. The Labute approximate surface area is 134 Å². The van der Waals surface area contributed by atoms with Gasteiger partial charge in [0.1, 0.15) is 0 Å². The molecule has 7 heteroatoms. The van der Waals surface area contributed by atoms with Gasteiger partial charge in [-0.2, -0.15) is 5.10 Å². The van der Waals surface area contributed by atoms with Gasteiger partial charge >= 0.3 is 0 Å². The monoisotopic (exact) mass is 315 g/mol. The van der Waals surface area contributed by atoms with Crippen molar-refractivity contribution in [3.63, 3.8) is 0 Å². The predicted octanol–water partition coefficient (Wildman–Crippen LogP) is 1.82. The number of rotatable bonds is 4. The van der Waals surface area contributed by atoms with Crippen molar-refractivity contribution in [2.45, 2.75) is 33.2 Å². The molecule has 0 unspecified atom stereocenters.